The molecular weight excluding hydrogens is 141 g/mol. The minimum atomic E-state index is -0.183. The largest absolute Gasteiger partial charge is 0.351 e. The quantitative estimate of drug-likeness (QED) is 0.669. The van der Waals surface area contributed by atoms with Gasteiger partial charge in [0.2, 0.25) is 0 Å². The normalized spacial score (nSPS) is 13.0. The van der Waals surface area contributed by atoms with Crippen LogP contribution in [0.5, 0.6) is 0 Å². The molecule has 0 fully saturated rings. The first kappa shape index (κ1) is 8.21. The van der Waals surface area contributed by atoms with Crippen molar-refractivity contribution in [1.82, 2.24) is 0 Å². The zero-order chi connectivity index (χ0) is 8.27. The molecule has 0 saturated heterocycles. The number of rotatable bonds is 2. The van der Waals surface area contributed by atoms with Crippen molar-refractivity contribution in [1.29, 1.82) is 0 Å². The van der Waals surface area contributed by atoms with E-state index in [0.717, 1.165) is 12.0 Å². The minimum absolute atomic E-state index is 0.183. The molecule has 1 aromatic rings. The van der Waals surface area contributed by atoms with E-state index in [-0.39, 0.29) is 11.9 Å². The molecule has 0 spiro atoms. The van der Waals surface area contributed by atoms with Crippen LogP contribution in [0.25, 0.3) is 0 Å². The van der Waals surface area contributed by atoms with Gasteiger partial charge in [-0.2, -0.15) is 0 Å². The van der Waals surface area contributed by atoms with Gasteiger partial charge in [-0.3, -0.25) is 0 Å². The van der Waals surface area contributed by atoms with Crippen LogP contribution in [0, 0.1) is 5.82 Å². The van der Waals surface area contributed by atoms with Crippen molar-refractivity contribution in [2.45, 2.75) is 19.4 Å². The van der Waals surface area contributed by atoms with E-state index in [1.807, 2.05) is 0 Å². The number of benzene rings is 1. The monoisotopic (exact) mass is 154 g/mol. The van der Waals surface area contributed by atoms with Crippen LogP contribution < -0.4 is 5.73 Å². The van der Waals surface area contributed by atoms with Crippen LogP contribution in [0.15, 0.2) is 24.3 Å². The molecule has 0 aliphatic rings. The Morgan fingerprint density at radius 2 is 1.91 bits per heavy atom. The molecule has 1 atom stereocenters. The van der Waals surface area contributed by atoms with Gasteiger partial charge >= 0.3 is 0 Å². The Morgan fingerprint density at radius 3 is 2.36 bits per heavy atom. The lowest BCUT2D eigenvalue weighted by Crippen LogP contribution is -2.53. The van der Waals surface area contributed by atoms with Crippen LogP contribution in [0.4, 0.5) is 4.39 Å². The first-order chi connectivity index (χ1) is 5.24. The van der Waals surface area contributed by atoms with Crippen molar-refractivity contribution in [3.63, 3.8) is 0 Å². The van der Waals surface area contributed by atoms with Gasteiger partial charge in [-0.1, -0.05) is 19.1 Å². The van der Waals surface area contributed by atoms with Crippen LogP contribution in [0.1, 0.15) is 24.9 Å². The highest BCUT2D eigenvalue weighted by atomic mass is 19.1. The predicted molar refractivity (Wildman–Crippen MR) is 42.3 cm³/mol. The van der Waals surface area contributed by atoms with Crippen molar-refractivity contribution < 1.29 is 10.1 Å². The first-order valence-electron chi connectivity index (χ1n) is 3.82. The SMILES string of the molecule is CC[C@@H]([NH3+])c1ccc(F)cc1. The Balaban J connectivity index is 2.81. The van der Waals surface area contributed by atoms with Crippen molar-refractivity contribution >= 4 is 0 Å². The van der Waals surface area contributed by atoms with E-state index < -0.39 is 0 Å². The number of quaternary nitrogens is 1. The molecule has 0 aliphatic carbocycles. The maximum atomic E-state index is 12.4. The number of halogens is 1. The molecule has 1 aromatic carbocycles. The smallest absolute Gasteiger partial charge is 0.123 e. The summed E-state index contributed by atoms with van der Waals surface area (Å²) in [5.74, 6) is -0.183. The lowest BCUT2D eigenvalue weighted by molar-refractivity contribution is -0.427. The number of hydrogen-bond donors (Lipinski definition) is 1. The molecule has 1 rings (SSSR count). The molecule has 0 bridgehead atoms. The van der Waals surface area contributed by atoms with Gasteiger partial charge in [-0.05, 0) is 12.1 Å². The van der Waals surface area contributed by atoms with E-state index in [1.165, 1.54) is 12.1 Å². The van der Waals surface area contributed by atoms with Crippen molar-refractivity contribution in [2.24, 2.45) is 0 Å². The summed E-state index contributed by atoms with van der Waals surface area (Å²) in [5, 5.41) is 0. The molecule has 0 aliphatic heterocycles. The molecule has 0 amide bonds. The van der Waals surface area contributed by atoms with Gasteiger partial charge in [0.15, 0.2) is 0 Å². The van der Waals surface area contributed by atoms with Gasteiger partial charge in [0.25, 0.3) is 0 Å². The average Bonchev–Trinajstić information content (AvgIpc) is 2.05. The standard InChI is InChI=1S/C9H12FN/c1-2-9(11)7-3-5-8(10)6-4-7/h3-6,9H,2,11H2,1H3/p+1/t9-/m1/s1. The van der Waals surface area contributed by atoms with Crippen LogP contribution in [0.3, 0.4) is 0 Å². The minimum Gasteiger partial charge on any atom is -0.351 e. The summed E-state index contributed by atoms with van der Waals surface area (Å²) in [6.45, 7) is 2.07. The van der Waals surface area contributed by atoms with E-state index >= 15 is 0 Å². The highest BCUT2D eigenvalue weighted by Crippen LogP contribution is 2.11. The molecule has 0 aromatic heterocycles. The highest BCUT2D eigenvalue weighted by Gasteiger charge is 2.04. The third-order valence-electron chi connectivity index (χ3n) is 1.83. The first-order valence-corrected chi connectivity index (χ1v) is 3.82. The molecule has 1 nitrogen and oxygen atoms in total. The predicted octanol–water partition coefficient (Wildman–Crippen LogP) is 1.52. The maximum absolute atomic E-state index is 12.4. The lowest BCUT2D eigenvalue weighted by Gasteiger charge is -2.04. The van der Waals surface area contributed by atoms with Crippen molar-refractivity contribution in [3.05, 3.63) is 35.6 Å². The topological polar surface area (TPSA) is 27.6 Å². The zero-order valence-electron chi connectivity index (χ0n) is 6.68. The fraction of sp³-hybridized carbons (Fsp3) is 0.333. The molecule has 0 heterocycles. The number of hydrogen-bond acceptors (Lipinski definition) is 0. The molecule has 0 saturated carbocycles. The second kappa shape index (κ2) is 3.49. The van der Waals surface area contributed by atoms with Gasteiger partial charge in [0.1, 0.15) is 11.9 Å². The van der Waals surface area contributed by atoms with Gasteiger partial charge in [-0.25, -0.2) is 4.39 Å². The summed E-state index contributed by atoms with van der Waals surface area (Å²) < 4.78 is 12.4. The van der Waals surface area contributed by atoms with Crippen molar-refractivity contribution in [3.8, 4) is 0 Å². The van der Waals surface area contributed by atoms with Gasteiger partial charge in [-0.15, -0.1) is 0 Å². The van der Waals surface area contributed by atoms with Crippen molar-refractivity contribution in [2.75, 3.05) is 0 Å². The van der Waals surface area contributed by atoms with E-state index in [0.29, 0.717) is 0 Å². The highest BCUT2D eigenvalue weighted by molar-refractivity contribution is 5.17. The van der Waals surface area contributed by atoms with Crippen LogP contribution in [0.2, 0.25) is 0 Å². The van der Waals surface area contributed by atoms with Crippen LogP contribution in [-0.4, -0.2) is 0 Å². The maximum Gasteiger partial charge on any atom is 0.123 e. The van der Waals surface area contributed by atoms with Gasteiger partial charge in [0.05, 0.1) is 0 Å². The molecule has 60 valence electrons. The molecule has 11 heavy (non-hydrogen) atoms. The third-order valence-corrected chi connectivity index (χ3v) is 1.83. The summed E-state index contributed by atoms with van der Waals surface area (Å²) in [6, 6.07) is 6.81. The van der Waals surface area contributed by atoms with Gasteiger partial charge in [0, 0.05) is 12.0 Å². The summed E-state index contributed by atoms with van der Waals surface area (Å²) in [4.78, 5) is 0. The summed E-state index contributed by atoms with van der Waals surface area (Å²) in [5.41, 5.74) is 5.04. The Labute approximate surface area is 66.0 Å². The summed E-state index contributed by atoms with van der Waals surface area (Å²) >= 11 is 0. The summed E-state index contributed by atoms with van der Waals surface area (Å²) in [7, 11) is 0. The van der Waals surface area contributed by atoms with Crippen LogP contribution in [-0.2, 0) is 0 Å². The second-order valence-electron chi connectivity index (χ2n) is 2.66. The third kappa shape index (κ3) is 2.02. The average molecular weight is 154 g/mol. The second-order valence-corrected chi connectivity index (χ2v) is 2.66. The molecule has 2 heteroatoms. The Hall–Kier alpha value is -0.890. The van der Waals surface area contributed by atoms with E-state index in [1.54, 1.807) is 12.1 Å². The Bertz CT molecular complexity index is 218. The molecule has 0 radical (unpaired) electrons. The van der Waals surface area contributed by atoms with E-state index in [2.05, 4.69) is 12.7 Å². The fourth-order valence-corrected chi connectivity index (χ4v) is 0.971. The lowest BCUT2D eigenvalue weighted by atomic mass is 10.1. The molecule has 0 unspecified atom stereocenters. The molecular formula is C9H13FN+. The fourth-order valence-electron chi connectivity index (χ4n) is 0.971. The van der Waals surface area contributed by atoms with Crippen LogP contribution >= 0.6 is 0 Å². The molecule has 3 N–H and O–H groups in total. The zero-order valence-corrected chi connectivity index (χ0v) is 6.68. The summed E-state index contributed by atoms with van der Waals surface area (Å²) in [6.07, 6.45) is 0.992. The Morgan fingerprint density at radius 1 is 1.36 bits per heavy atom. The van der Waals surface area contributed by atoms with Gasteiger partial charge < -0.3 is 5.73 Å². The Kier molecular flexibility index (Phi) is 2.60. The van der Waals surface area contributed by atoms with E-state index in [9.17, 15) is 4.39 Å². The van der Waals surface area contributed by atoms with E-state index in [4.69, 9.17) is 0 Å².